The van der Waals surface area contributed by atoms with Gasteiger partial charge in [0.1, 0.15) is 5.82 Å². The van der Waals surface area contributed by atoms with Gasteiger partial charge in [0.05, 0.1) is 22.3 Å². The lowest BCUT2D eigenvalue weighted by Gasteiger charge is -2.14. The SMILES string of the molecule is Cc1ccc(C(=O)Nc2cc(C(F)(F)F)ccc2C)cc1Cc1nc(-c2ccc(Cl)cc2)c2[nH]ccc2n1. The number of halogens is 4. The Bertz CT molecular complexity index is 1660. The van der Waals surface area contributed by atoms with E-state index in [1.165, 1.54) is 6.07 Å². The summed E-state index contributed by atoms with van der Waals surface area (Å²) in [5.74, 6) is 0.0639. The van der Waals surface area contributed by atoms with E-state index in [2.05, 4.69) is 15.3 Å². The second-order valence-corrected chi connectivity index (χ2v) is 9.47. The number of benzene rings is 3. The van der Waals surface area contributed by atoms with E-state index < -0.39 is 17.6 Å². The quantitative estimate of drug-likeness (QED) is 0.242. The first-order valence-electron chi connectivity index (χ1n) is 11.8. The Balaban J connectivity index is 1.45. The molecule has 0 fully saturated rings. The number of rotatable bonds is 5. The molecular formula is C29H22ClF3N4O. The molecule has 9 heteroatoms. The fourth-order valence-corrected chi connectivity index (χ4v) is 4.32. The van der Waals surface area contributed by atoms with E-state index in [1.54, 1.807) is 43.5 Å². The van der Waals surface area contributed by atoms with Gasteiger partial charge in [0.25, 0.3) is 5.91 Å². The zero-order valence-corrected chi connectivity index (χ0v) is 21.2. The lowest BCUT2D eigenvalue weighted by atomic mass is 10.0. The highest BCUT2D eigenvalue weighted by Gasteiger charge is 2.31. The largest absolute Gasteiger partial charge is 0.416 e. The Morgan fingerprint density at radius 1 is 0.947 bits per heavy atom. The van der Waals surface area contributed by atoms with E-state index in [1.807, 2.05) is 25.1 Å². The van der Waals surface area contributed by atoms with Crippen molar-refractivity contribution in [1.82, 2.24) is 15.0 Å². The predicted molar refractivity (Wildman–Crippen MR) is 142 cm³/mol. The van der Waals surface area contributed by atoms with Crippen LogP contribution in [0.25, 0.3) is 22.3 Å². The molecule has 3 aromatic carbocycles. The monoisotopic (exact) mass is 534 g/mol. The third-order valence-electron chi connectivity index (χ3n) is 6.34. The highest BCUT2D eigenvalue weighted by atomic mass is 35.5. The van der Waals surface area contributed by atoms with Gasteiger partial charge in [-0.2, -0.15) is 13.2 Å². The van der Waals surface area contributed by atoms with Crippen molar-refractivity contribution in [3.63, 3.8) is 0 Å². The Morgan fingerprint density at radius 3 is 2.42 bits per heavy atom. The summed E-state index contributed by atoms with van der Waals surface area (Å²) in [6.45, 7) is 3.56. The molecule has 0 spiro atoms. The Labute approximate surface area is 221 Å². The molecule has 0 saturated heterocycles. The Hall–Kier alpha value is -4.17. The minimum atomic E-state index is -4.50. The molecule has 0 aliphatic rings. The number of aryl methyl sites for hydroxylation is 2. The average molecular weight is 535 g/mol. The first kappa shape index (κ1) is 25.5. The summed E-state index contributed by atoms with van der Waals surface area (Å²) in [5.41, 5.74) is 5.08. The first-order chi connectivity index (χ1) is 18.1. The van der Waals surface area contributed by atoms with E-state index >= 15 is 0 Å². The molecule has 38 heavy (non-hydrogen) atoms. The number of aromatic nitrogens is 3. The third kappa shape index (κ3) is 5.26. The van der Waals surface area contributed by atoms with Crippen molar-refractivity contribution >= 4 is 34.2 Å². The van der Waals surface area contributed by atoms with Gasteiger partial charge in [0, 0.05) is 34.5 Å². The number of amides is 1. The summed E-state index contributed by atoms with van der Waals surface area (Å²) in [7, 11) is 0. The molecule has 0 aliphatic carbocycles. The van der Waals surface area contributed by atoms with E-state index in [4.69, 9.17) is 16.6 Å². The highest BCUT2D eigenvalue weighted by Crippen LogP contribution is 2.32. The van der Waals surface area contributed by atoms with E-state index in [-0.39, 0.29) is 5.69 Å². The topological polar surface area (TPSA) is 70.7 Å². The van der Waals surface area contributed by atoms with Gasteiger partial charge < -0.3 is 10.3 Å². The second kappa shape index (κ2) is 9.95. The minimum Gasteiger partial charge on any atom is -0.358 e. The number of fused-ring (bicyclic) bond motifs is 1. The van der Waals surface area contributed by atoms with Gasteiger partial charge in [0.15, 0.2) is 0 Å². The number of nitrogens with zero attached hydrogens (tertiary/aromatic N) is 2. The number of carbonyl (C=O) groups is 1. The summed E-state index contributed by atoms with van der Waals surface area (Å²) in [4.78, 5) is 25.7. The number of alkyl halides is 3. The van der Waals surface area contributed by atoms with Gasteiger partial charge in [-0.1, -0.05) is 35.9 Å². The van der Waals surface area contributed by atoms with Crippen LogP contribution in [0.4, 0.5) is 18.9 Å². The average Bonchev–Trinajstić information content (AvgIpc) is 3.35. The van der Waals surface area contributed by atoms with Crippen LogP contribution in [0, 0.1) is 13.8 Å². The van der Waals surface area contributed by atoms with Crippen LogP contribution >= 0.6 is 11.6 Å². The van der Waals surface area contributed by atoms with Crippen LogP contribution in [0.3, 0.4) is 0 Å². The van der Waals surface area contributed by atoms with Crippen LogP contribution in [0.1, 0.15) is 38.4 Å². The van der Waals surface area contributed by atoms with Crippen LogP contribution in [-0.2, 0) is 12.6 Å². The molecule has 2 N–H and O–H groups in total. The van der Waals surface area contributed by atoms with Gasteiger partial charge in [0.2, 0.25) is 0 Å². The fraction of sp³-hybridized carbons (Fsp3) is 0.138. The van der Waals surface area contributed by atoms with E-state index in [0.717, 1.165) is 45.6 Å². The molecule has 1 amide bonds. The van der Waals surface area contributed by atoms with Crippen molar-refractivity contribution in [1.29, 1.82) is 0 Å². The molecule has 2 heterocycles. The summed E-state index contributed by atoms with van der Waals surface area (Å²) >= 11 is 6.06. The zero-order chi connectivity index (χ0) is 27.0. The van der Waals surface area contributed by atoms with Crippen LogP contribution < -0.4 is 5.32 Å². The minimum absolute atomic E-state index is 0.112. The Morgan fingerprint density at radius 2 is 1.68 bits per heavy atom. The lowest BCUT2D eigenvalue weighted by molar-refractivity contribution is -0.137. The van der Waals surface area contributed by atoms with Crippen molar-refractivity contribution in [2.24, 2.45) is 0 Å². The maximum absolute atomic E-state index is 13.2. The molecule has 5 rings (SSSR count). The number of H-pyrrole nitrogens is 1. The van der Waals surface area contributed by atoms with Crippen LogP contribution in [-0.4, -0.2) is 20.9 Å². The van der Waals surface area contributed by atoms with Crippen molar-refractivity contribution in [3.05, 3.63) is 112 Å². The fourth-order valence-electron chi connectivity index (χ4n) is 4.19. The molecule has 0 unspecified atom stereocenters. The maximum atomic E-state index is 13.2. The summed E-state index contributed by atoms with van der Waals surface area (Å²) in [6, 6.07) is 17.7. The van der Waals surface area contributed by atoms with Crippen molar-refractivity contribution in [2.75, 3.05) is 5.32 Å². The van der Waals surface area contributed by atoms with Crippen molar-refractivity contribution in [2.45, 2.75) is 26.4 Å². The van der Waals surface area contributed by atoms with E-state index in [9.17, 15) is 18.0 Å². The van der Waals surface area contributed by atoms with Crippen molar-refractivity contribution < 1.29 is 18.0 Å². The van der Waals surface area contributed by atoms with Crippen LogP contribution in [0.15, 0.2) is 72.9 Å². The summed E-state index contributed by atoms with van der Waals surface area (Å²) < 4.78 is 39.5. The number of nitrogens with one attached hydrogen (secondary N) is 2. The van der Waals surface area contributed by atoms with Gasteiger partial charge in [-0.15, -0.1) is 0 Å². The molecule has 0 saturated carbocycles. The van der Waals surface area contributed by atoms with Crippen LogP contribution in [0.2, 0.25) is 5.02 Å². The number of hydrogen-bond acceptors (Lipinski definition) is 3. The van der Waals surface area contributed by atoms with Gasteiger partial charge in [-0.3, -0.25) is 4.79 Å². The van der Waals surface area contributed by atoms with E-state index in [0.29, 0.717) is 28.4 Å². The molecule has 0 aliphatic heterocycles. The Kier molecular flexibility index (Phi) is 6.67. The first-order valence-corrected chi connectivity index (χ1v) is 12.1. The van der Waals surface area contributed by atoms with Gasteiger partial charge in [-0.05, 0) is 73.0 Å². The second-order valence-electron chi connectivity index (χ2n) is 9.03. The molecule has 2 aromatic heterocycles. The van der Waals surface area contributed by atoms with Crippen LogP contribution in [0.5, 0.6) is 0 Å². The molecule has 5 aromatic rings. The third-order valence-corrected chi connectivity index (χ3v) is 6.59. The van der Waals surface area contributed by atoms with Crippen molar-refractivity contribution in [3.8, 4) is 11.3 Å². The number of anilines is 1. The predicted octanol–water partition coefficient (Wildman–Crippen LogP) is 7.76. The summed E-state index contributed by atoms with van der Waals surface area (Å²) in [6.07, 6.45) is -2.35. The standard InChI is InChI=1S/C29H22ClF3N4O/c1-16-3-5-19(28(38)36-24-15-21(29(31,32)33)8-4-17(24)2)13-20(16)14-25-35-23-11-12-34-27(23)26(37-25)18-6-9-22(30)10-7-18/h3-13,15,34H,14H2,1-2H3,(H,36,38). The lowest BCUT2D eigenvalue weighted by Crippen LogP contribution is -2.15. The number of hydrogen-bond donors (Lipinski definition) is 2. The molecule has 0 bridgehead atoms. The number of carbonyl (C=O) groups excluding carboxylic acids is 1. The van der Waals surface area contributed by atoms with Gasteiger partial charge in [-0.25, -0.2) is 9.97 Å². The van der Waals surface area contributed by atoms with Gasteiger partial charge >= 0.3 is 6.18 Å². The summed E-state index contributed by atoms with van der Waals surface area (Å²) in [5, 5.41) is 3.24. The molecule has 5 nitrogen and oxygen atoms in total. The smallest absolute Gasteiger partial charge is 0.358 e. The molecule has 0 atom stereocenters. The maximum Gasteiger partial charge on any atom is 0.416 e. The number of aromatic amines is 1. The normalized spacial score (nSPS) is 11.6. The highest BCUT2D eigenvalue weighted by molar-refractivity contribution is 6.30. The zero-order valence-electron chi connectivity index (χ0n) is 20.4. The molecular weight excluding hydrogens is 513 g/mol. The molecule has 192 valence electrons. The molecule has 0 radical (unpaired) electrons.